The Morgan fingerprint density at radius 1 is 0.946 bits per heavy atom. The quantitative estimate of drug-likeness (QED) is 0.319. The van der Waals surface area contributed by atoms with E-state index in [1.165, 1.54) is 0 Å². The third kappa shape index (κ3) is 8.28. The largest absolute Gasteiger partial charge is 0.356 e. The molecule has 1 aliphatic carbocycles. The number of nitrogens with zero attached hydrogens (tertiary/aromatic N) is 1. The van der Waals surface area contributed by atoms with Crippen LogP contribution in [0.4, 0.5) is 19.3 Å². The first kappa shape index (κ1) is 27.6. The summed E-state index contributed by atoms with van der Waals surface area (Å²) in [6.45, 7) is 3.43. The lowest BCUT2D eigenvalue weighted by molar-refractivity contribution is -0.122. The molecular formula is C27H32Cl2F2N4O2. The zero-order chi connectivity index (χ0) is 26.4. The molecule has 0 unspecified atom stereocenters. The van der Waals surface area contributed by atoms with Gasteiger partial charge >= 0.3 is 6.03 Å². The van der Waals surface area contributed by atoms with Gasteiger partial charge in [-0.05, 0) is 74.4 Å². The maximum absolute atomic E-state index is 13.3. The predicted octanol–water partition coefficient (Wildman–Crippen LogP) is 5.95. The van der Waals surface area contributed by atoms with E-state index in [0.29, 0.717) is 16.6 Å². The molecule has 1 heterocycles. The van der Waals surface area contributed by atoms with Crippen molar-refractivity contribution in [3.8, 4) is 0 Å². The van der Waals surface area contributed by atoms with Crippen molar-refractivity contribution in [1.29, 1.82) is 0 Å². The minimum absolute atomic E-state index is 0.0178. The third-order valence-electron chi connectivity index (χ3n) is 6.99. The molecular weight excluding hydrogens is 521 g/mol. The van der Waals surface area contributed by atoms with Crippen molar-refractivity contribution in [1.82, 2.24) is 15.5 Å². The van der Waals surface area contributed by atoms with Crippen molar-refractivity contribution < 1.29 is 18.4 Å². The molecule has 2 atom stereocenters. The maximum atomic E-state index is 13.3. The number of likely N-dealkylation sites (tertiary alicyclic amines) is 1. The average molecular weight is 553 g/mol. The highest BCUT2D eigenvalue weighted by atomic mass is 35.5. The number of benzene rings is 2. The second-order valence-corrected chi connectivity index (χ2v) is 10.7. The average Bonchev–Trinajstić information content (AvgIpc) is 3.64. The fraction of sp³-hybridized carbons (Fsp3) is 0.481. The van der Waals surface area contributed by atoms with Crippen molar-refractivity contribution in [3.05, 3.63) is 63.6 Å². The molecule has 6 nitrogen and oxygen atoms in total. The predicted molar refractivity (Wildman–Crippen MR) is 142 cm³/mol. The van der Waals surface area contributed by atoms with Crippen LogP contribution in [-0.4, -0.2) is 49.1 Å². The number of hydrogen-bond acceptors (Lipinski definition) is 3. The van der Waals surface area contributed by atoms with E-state index in [4.69, 9.17) is 23.2 Å². The highest BCUT2D eigenvalue weighted by Gasteiger charge is 2.43. The van der Waals surface area contributed by atoms with Crippen molar-refractivity contribution in [3.63, 3.8) is 0 Å². The number of piperidine rings is 1. The van der Waals surface area contributed by atoms with Crippen molar-refractivity contribution in [2.24, 2.45) is 5.92 Å². The lowest BCUT2D eigenvalue weighted by Crippen LogP contribution is -2.46. The van der Waals surface area contributed by atoms with Crippen LogP contribution in [-0.2, 0) is 4.79 Å². The number of rotatable bonds is 10. The van der Waals surface area contributed by atoms with Gasteiger partial charge in [-0.2, -0.15) is 0 Å². The van der Waals surface area contributed by atoms with Crippen molar-refractivity contribution >= 4 is 40.8 Å². The summed E-state index contributed by atoms with van der Waals surface area (Å²) in [4.78, 5) is 26.9. The topological polar surface area (TPSA) is 73.5 Å². The Labute approximate surface area is 226 Å². The van der Waals surface area contributed by atoms with Gasteiger partial charge in [0.15, 0.2) is 0 Å². The molecule has 1 aliphatic heterocycles. The van der Waals surface area contributed by atoms with E-state index >= 15 is 0 Å². The minimum atomic E-state index is -0.734. The van der Waals surface area contributed by atoms with Gasteiger partial charge in [0.25, 0.3) is 0 Å². The van der Waals surface area contributed by atoms with Gasteiger partial charge in [0.1, 0.15) is 11.6 Å². The minimum Gasteiger partial charge on any atom is -0.356 e. The van der Waals surface area contributed by atoms with Crippen LogP contribution in [0.5, 0.6) is 0 Å². The van der Waals surface area contributed by atoms with E-state index in [1.807, 2.05) is 12.1 Å². The zero-order valence-electron chi connectivity index (χ0n) is 20.5. The zero-order valence-corrected chi connectivity index (χ0v) is 22.1. The number of anilines is 1. The maximum Gasteiger partial charge on any atom is 0.319 e. The Morgan fingerprint density at radius 3 is 2.38 bits per heavy atom. The summed E-state index contributed by atoms with van der Waals surface area (Å²) in [6.07, 6.45) is 5.51. The van der Waals surface area contributed by atoms with Crippen LogP contribution in [0.25, 0.3) is 0 Å². The van der Waals surface area contributed by atoms with Crippen LogP contribution < -0.4 is 16.0 Å². The standard InChI is InChI=1S/C27H32Cl2F2N4O2/c28-24-5-4-17(12-25(24)29)22-16-23(22)26(36)32-8-2-1-3-9-35-10-6-20(7-11-35)33-27(37)34-21-14-18(30)13-19(31)15-21/h4-5,12-15,20,22-23H,1-3,6-11,16H2,(H,32,36)(H2,33,34,37)/t22-,23+/m0/s1. The Morgan fingerprint density at radius 2 is 1.68 bits per heavy atom. The number of carbonyl (C=O) groups excluding carboxylic acids is 2. The summed E-state index contributed by atoms with van der Waals surface area (Å²) < 4.78 is 26.5. The molecule has 0 aromatic heterocycles. The normalized spacial score (nSPS) is 19.9. The van der Waals surface area contributed by atoms with Crippen LogP contribution in [0.15, 0.2) is 36.4 Å². The molecule has 2 aromatic rings. The van der Waals surface area contributed by atoms with E-state index in [1.54, 1.807) is 6.07 Å². The number of unbranched alkanes of at least 4 members (excludes halogenated alkanes) is 2. The molecule has 4 rings (SSSR count). The SMILES string of the molecule is O=C(Nc1cc(F)cc(F)c1)NC1CCN(CCCCCNC(=O)[C@@H]2C[C@H]2c2ccc(Cl)c(Cl)c2)CC1. The van der Waals surface area contributed by atoms with Gasteiger partial charge < -0.3 is 20.9 Å². The van der Waals surface area contributed by atoms with Gasteiger partial charge in [-0.25, -0.2) is 13.6 Å². The van der Waals surface area contributed by atoms with Gasteiger partial charge in [0.2, 0.25) is 5.91 Å². The number of carbonyl (C=O) groups is 2. The molecule has 2 fully saturated rings. The Hall–Kier alpha value is -2.42. The molecule has 10 heteroatoms. The summed E-state index contributed by atoms with van der Waals surface area (Å²) >= 11 is 12.1. The highest BCUT2D eigenvalue weighted by molar-refractivity contribution is 6.42. The summed E-state index contributed by atoms with van der Waals surface area (Å²) in [5.41, 5.74) is 1.16. The second kappa shape index (κ2) is 12.9. The molecule has 3 amide bonds. The first-order valence-electron chi connectivity index (χ1n) is 12.8. The molecule has 200 valence electrons. The van der Waals surface area contributed by atoms with Gasteiger partial charge in [-0.1, -0.05) is 35.7 Å². The number of halogens is 4. The van der Waals surface area contributed by atoms with E-state index in [2.05, 4.69) is 20.9 Å². The number of amides is 3. The van der Waals surface area contributed by atoms with Crippen LogP contribution >= 0.6 is 23.2 Å². The molecule has 0 bridgehead atoms. The Bertz CT molecular complexity index is 1090. The molecule has 2 aliphatic rings. The number of urea groups is 1. The smallest absolute Gasteiger partial charge is 0.319 e. The van der Waals surface area contributed by atoms with Crippen LogP contribution in [0.3, 0.4) is 0 Å². The van der Waals surface area contributed by atoms with Crippen molar-refractivity contribution in [2.45, 2.75) is 50.5 Å². The summed E-state index contributed by atoms with van der Waals surface area (Å²) in [6, 6.07) is 8.06. The van der Waals surface area contributed by atoms with E-state index in [0.717, 1.165) is 81.9 Å². The molecule has 2 aromatic carbocycles. The summed E-state index contributed by atoms with van der Waals surface area (Å²) in [5, 5.41) is 9.47. The van der Waals surface area contributed by atoms with Gasteiger partial charge in [0, 0.05) is 43.3 Å². The summed E-state index contributed by atoms with van der Waals surface area (Å²) in [7, 11) is 0. The molecule has 1 saturated carbocycles. The number of hydrogen-bond donors (Lipinski definition) is 3. The van der Waals surface area contributed by atoms with E-state index < -0.39 is 17.7 Å². The summed E-state index contributed by atoms with van der Waals surface area (Å²) in [5.74, 6) is -1.12. The lowest BCUT2D eigenvalue weighted by atomic mass is 10.0. The Kier molecular flexibility index (Phi) is 9.62. The molecule has 37 heavy (non-hydrogen) atoms. The lowest BCUT2D eigenvalue weighted by Gasteiger charge is -2.32. The van der Waals surface area contributed by atoms with E-state index in [9.17, 15) is 18.4 Å². The van der Waals surface area contributed by atoms with Crippen molar-refractivity contribution in [2.75, 3.05) is 31.5 Å². The fourth-order valence-electron chi connectivity index (χ4n) is 4.86. The first-order valence-corrected chi connectivity index (χ1v) is 13.5. The van der Waals surface area contributed by atoms with E-state index in [-0.39, 0.29) is 29.5 Å². The van der Waals surface area contributed by atoms with Crippen LogP contribution in [0, 0.1) is 17.6 Å². The number of nitrogens with one attached hydrogen (secondary N) is 3. The molecule has 0 spiro atoms. The molecule has 0 radical (unpaired) electrons. The monoisotopic (exact) mass is 552 g/mol. The van der Waals surface area contributed by atoms with Crippen LogP contribution in [0.1, 0.15) is 50.0 Å². The van der Waals surface area contributed by atoms with Gasteiger partial charge in [0.05, 0.1) is 10.0 Å². The Balaban J connectivity index is 1.03. The van der Waals surface area contributed by atoms with Gasteiger partial charge in [-0.3, -0.25) is 4.79 Å². The molecule has 3 N–H and O–H groups in total. The van der Waals surface area contributed by atoms with Gasteiger partial charge in [-0.15, -0.1) is 0 Å². The fourth-order valence-corrected chi connectivity index (χ4v) is 5.16. The third-order valence-corrected chi connectivity index (χ3v) is 7.73. The van der Waals surface area contributed by atoms with Crippen LogP contribution in [0.2, 0.25) is 10.0 Å². The highest BCUT2D eigenvalue weighted by Crippen LogP contribution is 2.48. The second-order valence-electron chi connectivity index (χ2n) is 9.85. The first-order chi connectivity index (χ1) is 17.8. The molecule has 1 saturated heterocycles.